The third kappa shape index (κ3) is 50.8. The highest BCUT2D eigenvalue weighted by molar-refractivity contribution is 7.47. The van der Waals surface area contributed by atoms with Crippen molar-refractivity contribution in [2.24, 2.45) is 11.8 Å². The van der Waals surface area contributed by atoms with Crippen LogP contribution in [0.4, 0.5) is 0 Å². The second kappa shape index (κ2) is 70.1. The Kier molecular flexibility index (Phi) is 64.8. The molecule has 0 amide bonds. The lowest BCUT2D eigenvalue weighted by atomic mass is 9.84. The van der Waals surface area contributed by atoms with E-state index in [1.54, 1.807) is 0 Å². The molecule has 2 saturated heterocycles. The smallest absolute Gasteiger partial charge is 0.463 e. The minimum absolute atomic E-state index is 0.00654. The zero-order valence-electron chi connectivity index (χ0n) is 74.7. The van der Waals surface area contributed by atoms with Gasteiger partial charge in [-0.05, 0) is 88.9 Å². The van der Waals surface area contributed by atoms with Gasteiger partial charge in [0.15, 0.2) is 24.8 Å². The van der Waals surface area contributed by atoms with Crippen molar-refractivity contribution in [3.8, 4) is 0 Å². The van der Waals surface area contributed by atoms with E-state index in [1.165, 1.54) is 154 Å². The molecule has 0 aromatic rings. The molecule has 1 aliphatic carbocycles. The summed E-state index contributed by atoms with van der Waals surface area (Å²) in [5, 5.41) is 102. The van der Waals surface area contributed by atoms with Crippen LogP contribution >= 0.6 is 7.82 Å². The number of hydrogen-bond acceptors (Lipinski definition) is 24. The standard InChI is InChI=1S/C93H171O25P/c1-7-11-15-19-23-25-27-29-30-32-34-35-37-47-55-63-76(95)109-68-73(112-78(97)65-57-49-41-39-45-53-61-71(5)59-51-43-21-17-13-9-3)69-111-119(107,108)118-91-89(116-92-86(105)82(101)80(99)74(67-94)113-92)85(104)84(103)88(115-79(98)66-58-50-42-40-46-54-62-72(6)60-52-44-22-18-14-10-4)90(91)117-93-87(106)83(102)81(100)75(114-93)70-110-77(96)64-56-48-38-36-33-31-28-26-24-20-16-12-8-2/h25,27,31,33,71-75,80-94,99-106H,7-24,26,28-30,32,34-70H2,1-6H3,(H,107,108)/b27-25-,33-31-. The summed E-state index contributed by atoms with van der Waals surface area (Å²) in [4.78, 5) is 66.6. The molecule has 20 atom stereocenters. The van der Waals surface area contributed by atoms with Gasteiger partial charge >= 0.3 is 31.7 Å². The summed E-state index contributed by atoms with van der Waals surface area (Å²) < 4.78 is 73.6. The number of esters is 4. The fraction of sp³-hybridized carbons (Fsp3) is 0.914. The Hall–Kier alpha value is -3.05. The Balaban J connectivity index is 1.94. The van der Waals surface area contributed by atoms with Crippen molar-refractivity contribution >= 4 is 31.7 Å². The van der Waals surface area contributed by atoms with E-state index in [-0.39, 0.29) is 25.7 Å². The van der Waals surface area contributed by atoms with Crippen LogP contribution in [0.2, 0.25) is 0 Å². The zero-order valence-corrected chi connectivity index (χ0v) is 75.6. The largest absolute Gasteiger partial charge is 0.472 e. The highest BCUT2D eigenvalue weighted by Gasteiger charge is 2.60. The number of phosphoric acid groups is 1. The van der Waals surface area contributed by atoms with Gasteiger partial charge in [0.2, 0.25) is 0 Å². The average molecular weight is 1720 g/mol. The Labute approximate surface area is 717 Å². The molecule has 119 heavy (non-hydrogen) atoms. The maximum atomic E-state index is 14.9. The van der Waals surface area contributed by atoms with Gasteiger partial charge in [-0.2, -0.15) is 0 Å². The maximum absolute atomic E-state index is 14.9. The molecule has 0 radical (unpaired) electrons. The van der Waals surface area contributed by atoms with Crippen LogP contribution in [0, 0.1) is 11.8 Å². The minimum atomic E-state index is -5.82. The summed E-state index contributed by atoms with van der Waals surface area (Å²) in [5.74, 6) is -1.69. The monoisotopic (exact) mass is 1720 g/mol. The van der Waals surface area contributed by atoms with Gasteiger partial charge in [0.05, 0.1) is 13.2 Å². The molecule has 698 valence electrons. The number of unbranched alkanes of at least 4 members (excludes halogenated alkanes) is 40. The second-order valence-electron chi connectivity index (χ2n) is 34.8. The van der Waals surface area contributed by atoms with E-state index in [1.807, 2.05) is 0 Å². The number of carbonyl (C=O) groups is 4. The molecule has 0 aromatic carbocycles. The van der Waals surface area contributed by atoms with Gasteiger partial charge < -0.3 is 88.7 Å². The number of ether oxygens (including phenoxy) is 8. The zero-order chi connectivity index (χ0) is 87.1. The van der Waals surface area contributed by atoms with Crippen LogP contribution in [0.1, 0.15) is 401 Å². The highest BCUT2D eigenvalue weighted by atomic mass is 31.2. The molecule has 10 N–H and O–H groups in total. The van der Waals surface area contributed by atoms with Crippen LogP contribution in [0.25, 0.3) is 0 Å². The summed E-state index contributed by atoms with van der Waals surface area (Å²) in [7, 11) is -5.82. The normalized spacial score (nSPS) is 25.4. The lowest BCUT2D eigenvalue weighted by Gasteiger charge is -2.50. The molecule has 3 rings (SSSR count). The summed E-state index contributed by atoms with van der Waals surface area (Å²) in [6.07, 6.45) is 27.5. The molecule has 0 bridgehead atoms. The van der Waals surface area contributed by atoms with Crippen LogP contribution < -0.4 is 0 Å². The maximum Gasteiger partial charge on any atom is 0.472 e. The second-order valence-corrected chi connectivity index (χ2v) is 36.2. The molecule has 26 heteroatoms. The fourth-order valence-corrected chi connectivity index (χ4v) is 16.9. The number of phosphoric ester groups is 1. The molecule has 2 aliphatic heterocycles. The SMILES string of the molecule is CCCCCC/C=C\CCCCCCCCCC(=O)OCC(COP(=O)(O)OC1C(OC2OC(CO)C(O)C(O)C2O)C(O)C(O)C(OC(=O)CCCCCCCCC(C)CCCCCCCC)C1OC1OC(COC(=O)CCCCC/C=C\CCCCCCCC)C(O)C(O)C1O)OC(=O)CCCCCCCCC(C)CCCCCCCC. The van der Waals surface area contributed by atoms with Gasteiger partial charge in [-0.25, -0.2) is 4.57 Å². The van der Waals surface area contributed by atoms with Crippen molar-refractivity contribution < 1.29 is 122 Å². The van der Waals surface area contributed by atoms with Gasteiger partial charge in [-0.1, -0.05) is 323 Å². The van der Waals surface area contributed by atoms with E-state index in [0.717, 1.165) is 141 Å². The average Bonchev–Trinajstić information content (AvgIpc) is 0.754. The molecule has 0 spiro atoms. The van der Waals surface area contributed by atoms with Crippen LogP contribution in [-0.2, 0) is 70.7 Å². The number of aliphatic hydroxyl groups is 9. The van der Waals surface area contributed by atoms with Gasteiger partial charge in [0.1, 0.15) is 92.6 Å². The summed E-state index contributed by atoms with van der Waals surface area (Å²) >= 11 is 0. The minimum Gasteiger partial charge on any atom is -0.463 e. The van der Waals surface area contributed by atoms with E-state index in [9.17, 15) is 74.6 Å². The number of allylic oxidation sites excluding steroid dienone is 4. The molecule has 2 heterocycles. The third-order valence-corrected chi connectivity index (χ3v) is 24.7. The predicted molar refractivity (Wildman–Crippen MR) is 462 cm³/mol. The first kappa shape index (κ1) is 110. The number of carbonyl (C=O) groups excluding carboxylic acids is 4. The predicted octanol–water partition coefficient (Wildman–Crippen LogP) is 17.8. The lowest BCUT2D eigenvalue weighted by molar-refractivity contribution is -0.360. The summed E-state index contributed by atoms with van der Waals surface area (Å²) in [6.45, 7) is 10.2. The van der Waals surface area contributed by atoms with Gasteiger partial charge in [-0.3, -0.25) is 28.2 Å². The van der Waals surface area contributed by atoms with E-state index in [2.05, 4.69) is 65.8 Å². The first-order valence-electron chi connectivity index (χ1n) is 47.9. The summed E-state index contributed by atoms with van der Waals surface area (Å²) in [6, 6.07) is 0. The van der Waals surface area contributed by atoms with Crippen LogP contribution in [-0.4, -0.2) is 205 Å². The quantitative estimate of drug-likeness (QED) is 0.00889. The van der Waals surface area contributed by atoms with Gasteiger partial charge in [-0.15, -0.1) is 0 Å². The number of rotatable bonds is 76. The fourth-order valence-electron chi connectivity index (χ4n) is 15.9. The Bertz CT molecular complexity index is 2600. The van der Waals surface area contributed by atoms with E-state index in [4.69, 9.17) is 46.9 Å². The van der Waals surface area contributed by atoms with Crippen molar-refractivity contribution in [3.63, 3.8) is 0 Å². The Morgan fingerprint density at radius 2 is 0.681 bits per heavy atom. The third-order valence-electron chi connectivity index (χ3n) is 23.7. The van der Waals surface area contributed by atoms with E-state index in [0.29, 0.717) is 50.4 Å². The molecule has 3 fully saturated rings. The van der Waals surface area contributed by atoms with E-state index < -0.39 is 162 Å². The van der Waals surface area contributed by atoms with Gasteiger partial charge in [0, 0.05) is 25.7 Å². The van der Waals surface area contributed by atoms with Crippen LogP contribution in [0.5, 0.6) is 0 Å². The topological polar surface area (TPSA) is 380 Å². The lowest BCUT2D eigenvalue weighted by Crippen LogP contribution is -2.70. The molecule has 1 saturated carbocycles. The van der Waals surface area contributed by atoms with Crippen molar-refractivity contribution in [1.82, 2.24) is 0 Å². The van der Waals surface area contributed by atoms with E-state index >= 15 is 0 Å². The Morgan fingerprint density at radius 1 is 0.353 bits per heavy atom. The number of aliphatic hydroxyl groups excluding tert-OH is 9. The molecular weight excluding hydrogens is 1550 g/mol. The van der Waals surface area contributed by atoms with Crippen molar-refractivity contribution in [2.75, 3.05) is 26.4 Å². The molecule has 25 nitrogen and oxygen atoms in total. The first-order valence-corrected chi connectivity index (χ1v) is 49.3. The molecule has 3 aliphatic rings. The molecular formula is C93H171O25P. The van der Waals surface area contributed by atoms with Crippen molar-refractivity contribution in [3.05, 3.63) is 24.3 Å². The van der Waals surface area contributed by atoms with Gasteiger partial charge in [0.25, 0.3) is 0 Å². The Morgan fingerprint density at radius 3 is 1.10 bits per heavy atom. The summed E-state index contributed by atoms with van der Waals surface area (Å²) in [5.41, 5.74) is 0. The van der Waals surface area contributed by atoms with Crippen molar-refractivity contribution in [2.45, 2.75) is 505 Å². The van der Waals surface area contributed by atoms with Crippen LogP contribution in [0.15, 0.2) is 24.3 Å². The molecule has 0 aromatic heterocycles. The first-order chi connectivity index (χ1) is 57.5. The van der Waals surface area contributed by atoms with Crippen molar-refractivity contribution in [1.29, 1.82) is 0 Å². The highest BCUT2D eigenvalue weighted by Crippen LogP contribution is 2.49. The molecule has 20 unspecified atom stereocenters. The van der Waals surface area contributed by atoms with Crippen LogP contribution in [0.3, 0.4) is 0 Å². The number of hydrogen-bond donors (Lipinski definition) is 10.